The summed E-state index contributed by atoms with van der Waals surface area (Å²) in [6.07, 6.45) is 5.53. The molecule has 1 fully saturated rings. The van der Waals surface area contributed by atoms with Crippen LogP contribution in [0.25, 0.3) is 0 Å². The lowest BCUT2D eigenvalue weighted by atomic mass is 10.0. The van der Waals surface area contributed by atoms with E-state index < -0.39 is 0 Å². The van der Waals surface area contributed by atoms with Crippen LogP contribution in [0.4, 0.5) is 0 Å². The molecule has 5 heteroatoms. The zero-order valence-corrected chi connectivity index (χ0v) is 14.7. The standard InChI is InChI=1S/C17H24N2OS2/c1-13-18-14(12-22-13)11-19-8-4-2-3-6-15(19)10-16(20)17-7-5-9-21-17/h5,7,9,12,15-16,20H,2-4,6,8,10-11H2,1H3. The molecule has 120 valence electrons. The molecule has 0 spiro atoms. The van der Waals surface area contributed by atoms with Gasteiger partial charge in [0.05, 0.1) is 16.8 Å². The minimum atomic E-state index is -0.331. The van der Waals surface area contributed by atoms with Crippen LogP contribution in [0.5, 0.6) is 0 Å². The largest absolute Gasteiger partial charge is 0.388 e. The number of aromatic nitrogens is 1. The Morgan fingerprint density at radius 1 is 1.36 bits per heavy atom. The molecule has 2 unspecified atom stereocenters. The molecule has 1 saturated heterocycles. The first-order valence-corrected chi connectivity index (χ1v) is 9.85. The van der Waals surface area contributed by atoms with E-state index in [1.807, 2.05) is 17.5 Å². The minimum Gasteiger partial charge on any atom is -0.388 e. The fourth-order valence-electron chi connectivity index (χ4n) is 3.26. The van der Waals surface area contributed by atoms with Gasteiger partial charge in [0.25, 0.3) is 0 Å². The summed E-state index contributed by atoms with van der Waals surface area (Å²) in [7, 11) is 0. The maximum Gasteiger partial charge on any atom is 0.0897 e. The van der Waals surface area contributed by atoms with Crippen molar-refractivity contribution in [2.75, 3.05) is 6.54 Å². The Morgan fingerprint density at radius 3 is 3.00 bits per heavy atom. The molecule has 2 atom stereocenters. The maximum absolute atomic E-state index is 10.5. The normalized spacial score (nSPS) is 21.6. The molecule has 0 amide bonds. The second kappa shape index (κ2) is 7.68. The van der Waals surface area contributed by atoms with Crippen molar-refractivity contribution in [3.8, 4) is 0 Å². The molecule has 0 bridgehead atoms. The third-order valence-electron chi connectivity index (χ3n) is 4.40. The SMILES string of the molecule is Cc1nc(CN2CCCCCC2CC(O)c2cccs2)cs1. The summed E-state index contributed by atoms with van der Waals surface area (Å²) in [5.74, 6) is 0. The van der Waals surface area contributed by atoms with Crippen LogP contribution in [-0.2, 0) is 6.54 Å². The minimum absolute atomic E-state index is 0.331. The summed E-state index contributed by atoms with van der Waals surface area (Å²) in [6.45, 7) is 4.11. The molecular weight excluding hydrogens is 312 g/mol. The molecule has 2 aromatic heterocycles. The highest BCUT2D eigenvalue weighted by atomic mass is 32.1. The Labute approximate surface area is 140 Å². The number of aliphatic hydroxyl groups excluding tert-OH is 1. The molecule has 1 aliphatic heterocycles. The number of likely N-dealkylation sites (tertiary alicyclic amines) is 1. The molecule has 0 saturated carbocycles. The van der Waals surface area contributed by atoms with Gasteiger partial charge < -0.3 is 5.11 Å². The highest BCUT2D eigenvalue weighted by molar-refractivity contribution is 7.10. The van der Waals surface area contributed by atoms with Gasteiger partial charge in [0, 0.05) is 22.8 Å². The monoisotopic (exact) mass is 336 g/mol. The lowest BCUT2D eigenvalue weighted by Gasteiger charge is -2.30. The van der Waals surface area contributed by atoms with Crippen molar-refractivity contribution in [1.82, 2.24) is 9.88 Å². The molecule has 0 aromatic carbocycles. The van der Waals surface area contributed by atoms with Gasteiger partial charge in [-0.25, -0.2) is 4.98 Å². The molecule has 1 aliphatic rings. The van der Waals surface area contributed by atoms with Crippen LogP contribution < -0.4 is 0 Å². The van der Waals surface area contributed by atoms with Crippen molar-refractivity contribution in [2.24, 2.45) is 0 Å². The van der Waals surface area contributed by atoms with E-state index in [2.05, 4.69) is 22.2 Å². The summed E-state index contributed by atoms with van der Waals surface area (Å²) in [6, 6.07) is 4.52. The summed E-state index contributed by atoms with van der Waals surface area (Å²) in [4.78, 5) is 8.25. The van der Waals surface area contributed by atoms with Crippen LogP contribution in [0.3, 0.4) is 0 Å². The van der Waals surface area contributed by atoms with E-state index in [0.717, 1.165) is 29.4 Å². The number of aryl methyl sites for hydroxylation is 1. The summed E-state index contributed by atoms with van der Waals surface area (Å²) in [5, 5.41) is 15.9. The fourth-order valence-corrected chi connectivity index (χ4v) is 4.58. The van der Waals surface area contributed by atoms with Crippen LogP contribution in [0, 0.1) is 6.92 Å². The second-order valence-electron chi connectivity index (χ2n) is 6.10. The quantitative estimate of drug-likeness (QED) is 0.880. The third kappa shape index (κ3) is 4.16. The van der Waals surface area contributed by atoms with Crippen LogP contribution in [0.15, 0.2) is 22.9 Å². The molecule has 3 heterocycles. The van der Waals surface area contributed by atoms with E-state index >= 15 is 0 Å². The van der Waals surface area contributed by atoms with Gasteiger partial charge in [-0.05, 0) is 44.2 Å². The van der Waals surface area contributed by atoms with E-state index in [1.54, 1.807) is 22.7 Å². The molecular formula is C17H24N2OS2. The summed E-state index contributed by atoms with van der Waals surface area (Å²) >= 11 is 3.38. The smallest absolute Gasteiger partial charge is 0.0897 e. The Hall–Kier alpha value is -0.750. The van der Waals surface area contributed by atoms with Gasteiger partial charge in [0.2, 0.25) is 0 Å². The maximum atomic E-state index is 10.5. The van der Waals surface area contributed by atoms with Gasteiger partial charge >= 0.3 is 0 Å². The Morgan fingerprint density at radius 2 is 2.27 bits per heavy atom. The van der Waals surface area contributed by atoms with Crippen molar-refractivity contribution in [1.29, 1.82) is 0 Å². The molecule has 2 aromatic rings. The van der Waals surface area contributed by atoms with E-state index in [0.29, 0.717) is 6.04 Å². The molecule has 22 heavy (non-hydrogen) atoms. The number of hydrogen-bond acceptors (Lipinski definition) is 5. The number of thiophene rings is 1. The topological polar surface area (TPSA) is 36.4 Å². The highest BCUT2D eigenvalue weighted by Crippen LogP contribution is 2.29. The van der Waals surface area contributed by atoms with Crippen molar-refractivity contribution >= 4 is 22.7 Å². The van der Waals surface area contributed by atoms with Crippen LogP contribution >= 0.6 is 22.7 Å². The number of hydrogen-bond donors (Lipinski definition) is 1. The van der Waals surface area contributed by atoms with Crippen molar-refractivity contribution in [3.63, 3.8) is 0 Å². The number of aliphatic hydroxyl groups is 1. The average Bonchev–Trinajstić information content (AvgIpc) is 3.12. The lowest BCUT2D eigenvalue weighted by molar-refractivity contribution is 0.0989. The molecule has 3 nitrogen and oxygen atoms in total. The Kier molecular flexibility index (Phi) is 5.63. The number of thiazole rings is 1. The predicted molar refractivity (Wildman–Crippen MR) is 93.4 cm³/mol. The van der Waals surface area contributed by atoms with E-state index in [9.17, 15) is 5.11 Å². The Bertz CT molecular complexity index is 567. The second-order valence-corrected chi connectivity index (χ2v) is 8.14. The third-order valence-corrected chi connectivity index (χ3v) is 6.19. The number of rotatable bonds is 5. The first kappa shape index (κ1) is 16.1. The zero-order chi connectivity index (χ0) is 15.4. The van der Waals surface area contributed by atoms with Crippen LogP contribution in [-0.4, -0.2) is 27.6 Å². The van der Waals surface area contributed by atoms with Crippen molar-refractivity contribution < 1.29 is 5.11 Å². The molecule has 0 radical (unpaired) electrons. The van der Waals surface area contributed by atoms with Crippen molar-refractivity contribution in [2.45, 2.75) is 57.7 Å². The first-order chi connectivity index (χ1) is 10.7. The van der Waals surface area contributed by atoms with Gasteiger partial charge in [0.15, 0.2) is 0 Å². The van der Waals surface area contributed by atoms with E-state index in [4.69, 9.17) is 0 Å². The fraction of sp³-hybridized carbons (Fsp3) is 0.588. The zero-order valence-electron chi connectivity index (χ0n) is 13.1. The molecule has 3 rings (SSSR count). The lowest BCUT2D eigenvalue weighted by Crippen LogP contribution is -2.35. The van der Waals surface area contributed by atoms with E-state index in [1.165, 1.54) is 31.4 Å². The van der Waals surface area contributed by atoms with Crippen LogP contribution in [0.1, 0.15) is 53.8 Å². The first-order valence-electron chi connectivity index (χ1n) is 8.09. The average molecular weight is 337 g/mol. The van der Waals surface area contributed by atoms with Gasteiger partial charge in [-0.3, -0.25) is 4.90 Å². The summed E-state index contributed by atoms with van der Waals surface area (Å²) < 4.78 is 0. The molecule has 1 N–H and O–H groups in total. The van der Waals surface area contributed by atoms with Gasteiger partial charge in [-0.2, -0.15) is 0 Å². The summed E-state index contributed by atoms with van der Waals surface area (Å²) in [5.41, 5.74) is 1.18. The van der Waals surface area contributed by atoms with Crippen molar-refractivity contribution in [3.05, 3.63) is 38.5 Å². The van der Waals surface area contributed by atoms with Gasteiger partial charge in [-0.1, -0.05) is 18.9 Å². The molecule has 0 aliphatic carbocycles. The number of nitrogens with zero attached hydrogens (tertiary/aromatic N) is 2. The predicted octanol–water partition coefficient (Wildman–Crippen LogP) is 4.38. The van der Waals surface area contributed by atoms with Gasteiger partial charge in [0.1, 0.15) is 0 Å². The Balaban J connectivity index is 1.67. The van der Waals surface area contributed by atoms with Gasteiger partial charge in [-0.15, -0.1) is 22.7 Å². The van der Waals surface area contributed by atoms with Crippen LogP contribution in [0.2, 0.25) is 0 Å². The highest BCUT2D eigenvalue weighted by Gasteiger charge is 2.25. The van der Waals surface area contributed by atoms with E-state index in [-0.39, 0.29) is 6.10 Å².